The van der Waals surface area contributed by atoms with Crippen LogP contribution in [0.5, 0.6) is 0 Å². The van der Waals surface area contributed by atoms with Gasteiger partial charge in [0, 0.05) is 6.20 Å². The second-order valence-corrected chi connectivity index (χ2v) is 3.72. The third kappa shape index (κ3) is 1.29. The van der Waals surface area contributed by atoms with E-state index in [1.807, 2.05) is 23.6 Å². The van der Waals surface area contributed by atoms with Gasteiger partial charge in [0.1, 0.15) is 0 Å². The molecule has 3 nitrogen and oxygen atoms in total. The quantitative estimate of drug-likeness (QED) is 0.785. The molecule has 0 aliphatic carbocycles. The molecule has 2 aromatic heterocycles. The Labute approximate surface area is 87.0 Å². The van der Waals surface area contributed by atoms with E-state index in [9.17, 15) is 5.11 Å². The van der Waals surface area contributed by atoms with E-state index in [-0.39, 0.29) is 0 Å². The maximum Gasteiger partial charge on any atom is 0.156 e. The Kier molecular flexibility index (Phi) is 2.21. The summed E-state index contributed by atoms with van der Waals surface area (Å²) in [5, 5.41) is 10.2. The fourth-order valence-electron chi connectivity index (χ4n) is 1.67. The van der Waals surface area contributed by atoms with Crippen molar-refractivity contribution in [2.45, 2.75) is 20.0 Å². The van der Waals surface area contributed by atoms with E-state index in [0.717, 1.165) is 11.4 Å². The molecule has 0 aromatic carbocycles. The minimum atomic E-state index is -0.538. The fraction of sp³-hybridized carbons (Fsp3) is 0.300. The van der Waals surface area contributed by atoms with Gasteiger partial charge < -0.3 is 5.11 Å². The summed E-state index contributed by atoms with van der Waals surface area (Å²) >= 11 is 5.98. The fourth-order valence-corrected chi connectivity index (χ4v) is 1.88. The van der Waals surface area contributed by atoms with E-state index in [4.69, 9.17) is 11.6 Å². The maximum absolute atomic E-state index is 9.58. The molecule has 0 bridgehead atoms. The first kappa shape index (κ1) is 9.49. The van der Waals surface area contributed by atoms with Gasteiger partial charge in [-0.25, -0.2) is 4.98 Å². The van der Waals surface area contributed by atoms with Gasteiger partial charge in [0.25, 0.3) is 0 Å². The smallest absolute Gasteiger partial charge is 0.156 e. The van der Waals surface area contributed by atoms with Gasteiger partial charge in [-0.2, -0.15) is 0 Å². The molecule has 0 radical (unpaired) electrons. The minimum Gasteiger partial charge on any atom is -0.387 e. The lowest BCUT2D eigenvalue weighted by Crippen LogP contribution is -1.98. The van der Waals surface area contributed by atoms with Crippen LogP contribution in [0.3, 0.4) is 0 Å². The van der Waals surface area contributed by atoms with Gasteiger partial charge in [-0.15, -0.1) is 0 Å². The molecule has 4 heteroatoms. The van der Waals surface area contributed by atoms with Gasteiger partial charge >= 0.3 is 0 Å². The number of aliphatic hydroxyl groups is 1. The Balaban J connectivity index is 2.83. The lowest BCUT2D eigenvalue weighted by molar-refractivity contribution is 0.192. The highest BCUT2D eigenvalue weighted by molar-refractivity contribution is 6.33. The van der Waals surface area contributed by atoms with Crippen LogP contribution in [-0.2, 0) is 0 Å². The van der Waals surface area contributed by atoms with Crippen molar-refractivity contribution >= 4 is 17.2 Å². The maximum atomic E-state index is 9.58. The number of hydrogen-bond acceptors (Lipinski definition) is 2. The normalized spacial score (nSPS) is 13.4. The third-order valence-electron chi connectivity index (χ3n) is 2.22. The average molecular weight is 211 g/mol. The number of hydrogen-bond donors (Lipinski definition) is 1. The van der Waals surface area contributed by atoms with Crippen molar-refractivity contribution in [3.63, 3.8) is 0 Å². The molecule has 1 unspecified atom stereocenters. The molecular weight excluding hydrogens is 200 g/mol. The van der Waals surface area contributed by atoms with Crippen LogP contribution in [-0.4, -0.2) is 14.5 Å². The van der Waals surface area contributed by atoms with Crippen molar-refractivity contribution in [2.75, 3.05) is 0 Å². The highest BCUT2D eigenvalue weighted by Crippen LogP contribution is 2.23. The SMILES string of the molecule is Cc1nc2c(Cl)cccn2c1C(C)O. The van der Waals surface area contributed by atoms with Crippen LogP contribution in [0.25, 0.3) is 5.65 Å². The molecule has 2 heterocycles. The predicted octanol–water partition coefficient (Wildman–Crippen LogP) is 2.35. The topological polar surface area (TPSA) is 37.5 Å². The number of rotatable bonds is 1. The van der Waals surface area contributed by atoms with E-state index in [0.29, 0.717) is 10.7 Å². The first-order valence-corrected chi connectivity index (χ1v) is 4.80. The summed E-state index contributed by atoms with van der Waals surface area (Å²) in [4.78, 5) is 4.30. The molecule has 0 amide bonds. The van der Waals surface area contributed by atoms with Gasteiger partial charge in [0.05, 0.1) is 22.5 Å². The van der Waals surface area contributed by atoms with Crippen LogP contribution in [0.4, 0.5) is 0 Å². The van der Waals surface area contributed by atoms with Gasteiger partial charge in [-0.1, -0.05) is 11.6 Å². The van der Waals surface area contributed by atoms with Crippen LogP contribution in [0.1, 0.15) is 24.4 Å². The number of aromatic nitrogens is 2. The molecule has 74 valence electrons. The summed E-state index contributed by atoms with van der Waals surface area (Å²) in [6.07, 6.45) is 1.31. The van der Waals surface area contributed by atoms with Crippen LogP contribution in [0.15, 0.2) is 18.3 Å². The summed E-state index contributed by atoms with van der Waals surface area (Å²) in [7, 11) is 0. The highest BCUT2D eigenvalue weighted by atomic mass is 35.5. The van der Waals surface area contributed by atoms with E-state index < -0.39 is 6.10 Å². The molecule has 0 saturated carbocycles. The van der Waals surface area contributed by atoms with E-state index in [1.54, 1.807) is 13.0 Å². The molecule has 2 rings (SSSR count). The first-order valence-electron chi connectivity index (χ1n) is 4.42. The lowest BCUT2D eigenvalue weighted by Gasteiger charge is -2.05. The van der Waals surface area contributed by atoms with Crippen molar-refractivity contribution in [3.05, 3.63) is 34.7 Å². The summed E-state index contributed by atoms with van der Waals surface area (Å²) in [5.74, 6) is 0. The Bertz CT molecular complexity index is 476. The second-order valence-electron chi connectivity index (χ2n) is 3.31. The van der Waals surface area contributed by atoms with Crippen molar-refractivity contribution in [2.24, 2.45) is 0 Å². The Morgan fingerprint density at radius 3 is 2.93 bits per heavy atom. The zero-order valence-corrected chi connectivity index (χ0v) is 8.78. The second kappa shape index (κ2) is 3.26. The van der Waals surface area contributed by atoms with E-state index in [1.165, 1.54) is 0 Å². The molecular formula is C10H11ClN2O. The molecule has 1 N–H and O–H groups in total. The Morgan fingerprint density at radius 1 is 1.57 bits per heavy atom. The van der Waals surface area contributed by atoms with E-state index >= 15 is 0 Å². The van der Waals surface area contributed by atoms with Crippen LogP contribution in [0.2, 0.25) is 5.02 Å². The van der Waals surface area contributed by atoms with Gasteiger partial charge in [-0.05, 0) is 26.0 Å². The molecule has 2 aromatic rings. The number of imidazole rings is 1. The first-order chi connectivity index (χ1) is 6.61. The standard InChI is InChI=1S/C10H11ClN2O/c1-6-9(7(2)14)13-5-3-4-8(11)10(13)12-6/h3-5,7,14H,1-2H3. The molecule has 0 aliphatic heterocycles. The molecule has 0 saturated heterocycles. The Hall–Kier alpha value is -1.06. The van der Waals surface area contributed by atoms with Crippen molar-refractivity contribution in [1.82, 2.24) is 9.38 Å². The summed E-state index contributed by atoms with van der Waals surface area (Å²) in [5.41, 5.74) is 2.30. The van der Waals surface area contributed by atoms with Crippen molar-refractivity contribution < 1.29 is 5.11 Å². The number of nitrogens with zero attached hydrogens (tertiary/aromatic N) is 2. The van der Waals surface area contributed by atoms with Crippen molar-refractivity contribution in [3.8, 4) is 0 Å². The van der Waals surface area contributed by atoms with Crippen molar-refractivity contribution in [1.29, 1.82) is 0 Å². The van der Waals surface area contributed by atoms with Crippen LogP contribution >= 0.6 is 11.6 Å². The van der Waals surface area contributed by atoms with Crippen LogP contribution < -0.4 is 0 Å². The zero-order chi connectivity index (χ0) is 10.3. The summed E-state index contributed by atoms with van der Waals surface area (Å²) in [6, 6.07) is 3.62. The molecule has 0 spiro atoms. The van der Waals surface area contributed by atoms with Gasteiger partial charge in [0.15, 0.2) is 5.65 Å². The summed E-state index contributed by atoms with van der Waals surface area (Å²) < 4.78 is 1.82. The number of aryl methyl sites for hydroxylation is 1. The lowest BCUT2D eigenvalue weighted by atomic mass is 10.2. The predicted molar refractivity (Wildman–Crippen MR) is 55.6 cm³/mol. The van der Waals surface area contributed by atoms with E-state index in [2.05, 4.69) is 4.98 Å². The molecule has 1 atom stereocenters. The molecule has 0 fully saturated rings. The molecule has 14 heavy (non-hydrogen) atoms. The number of fused-ring (bicyclic) bond motifs is 1. The number of pyridine rings is 1. The van der Waals surface area contributed by atoms with Crippen LogP contribution in [0, 0.1) is 6.92 Å². The number of aliphatic hydroxyl groups excluding tert-OH is 1. The monoisotopic (exact) mass is 210 g/mol. The third-order valence-corrected chi connectivity index (χ3v) is 2.51. The molecule has 0 aliphatic rings. The zero-order valence-electron chi connectivity index (χ0n) is 8.03. The average Bonchev–Trinajstić information content (AvgIpc) is 2.42. The van der Waals surface area contributed by atoms with Gasteiger partial charge in [0.2, 0.25) is 0 Å². The minimum absolute atomic E-state index is 0.538. The number of halogens is 1. The largest absolute Gasteiger partial charge is 0.387 e. The summed E-state index contributed by atoms with van der Waals surface area (Å²) in [6.45, 7) is 3.59. The van der Waals surface area contributed by atoms with Gasteiger partial charge in [-0.3, -0.25) is 4.40 Å². The highest BCUT2D eigenvalue weighted by Gasteiger charge is 2.14. The Morgan fingerprint density at radius 2 is 2.29 bits per heavy atom.